The first-order chi connectivity index (χ1) is 12.7. The molecule has 3 aromatic rings. The third-order valence-electron chi connectivity index (χ3n) is 4.26. The van der Waals surface area contributed by atoms with Crippen LogP contribution < -0.4 is 9.47 Å². The molecule has 5 heteroatoms. The molecule has 0 N–H and O–H groups in total. The van der Waals surface area contributed by atoms with Crippen molar-refractivity contribution in [3.05, 3.63) is 69.9 Å². The number of methoxy groups -OCH3 is 2. The van der Waals surface area contributed by atoms with E-state index in [0.29, 0.717) is 19.6 Å². The quantitative estimate of drug-likeness (QED) is 0.472. The van der Waals surface area contributed by atoms with Crippen molar-refractivity contribution in [3.63, 3.8) is 0 Å². The molecule has 3 nitrogen and oxygen atoms in total. The van der Waals surface area contributed by atoms with Crippen LogP contribution in [0, 0.1) is 5.82 Å². The average Bonchev–Trinajstić information content (AvgIpc) is 2.66. The molecule has 0 atom stereocenters. The van der Waals surface area contributed by atoms with Crippen LogP contribution in [-0.4, -0.2) is 20.8 Å². The maximum absolute atomic E-state index is 13.0. The van der Waals surface area contributed by atoms with Crippen LogP contribution in [0.4, 0.5) is 4.39 Å². The SMILES string of the molecule is COc1c(Br)c(COCCc2ccc(F)cc2)c(OC)c2ccccc12. The van der Waals surface area contributed by atoms with Crippen LogP contribution in [0.1, 0.15) is 11.1 Å². The first-order valence-electron chi connectivity index (χ1n) is 8.29. The van der Waals surface area contributed by atoms with Gasteiger partial charge in [-0.15, -0.1) is 0 Å². The van der Waals surface area contributed by atoms with Gasteiger partial charge in [0.25, 0.3) is 0 Å². The lowest BCUT2D eigenvalue weighted by atomic mass is 10.0. The molecule has 26 heavy (non-hydrogen) atoms. The Morgan fingerprint density at radius 1 is 0.885 bits per heavy atom. The maximum atomic E-state index is 13.0. The Labute approximate surface area is 160 Å². The van der Waals surface area contributed by atoms with Crippen molar-refractivity contribution < 1.29 is 18.6 Å². The zero-order valence-corrected chi connectivity index (χ0v) is 16.3. The first-order valence-corrected chi connectivity index (χ1v) is 9.08. The van der Waals surface area contributed by atoms with Gasteiger partial charge in [-0.1, -0.05) is 36.4 Å². The lowest BCUT2D eigenvalue weighted by Crippen LogP contribution is -2.03. The van der Waals surface area contributed by atoms with Gasteiger partial charge in [0.15, 0.2) is 0 Å². The minimum atomic E-state index is -0.230. The molecule has 0 radical (unpaired) electrons. The van der Waals surface area contributed by atoms with E-state index in [-0.39, 0.29) is 5.82 Å². The highest BCUT2D eigenvalue weighted by molar-refractivity contribution is 9.10. The van der Waals surface area contributed by atoms with Crippen molar-refractivity contribution in [1.82, 2.24) is 0 Å². The van der Waals surface area contributed by atoms with Crippen molar-refractivity contribution in [3.8, 4) is 11.5 Å². The van der Waals surface area contributed by atoms with Crippen molar-refractivity contribution >= 4 is 26.7 Å². The van der Waals surface area contributed by atoms with Crippen LogP contribution >= 0.6 is 15.9 Å². The predicted octanol–water partition coefficient (Wildman–Crippen LogP) is 5.52. The van der Waals surface area contributed by atoms with E-state index in [1.807, 2.05) is 24.3 Å². The zero-order chi connectivity index (χ0) is 18.5. The summed E-state index contributed by atoms with van der Waals surface area (Å²) in [6.45, 7) is 0.905. The summed E-state index contributed by atoms with van der Waals surface area (Å²) in [5.74, 6) is 1.31. The number of ether oxygens (including phenoxy) is 3. The summed E-state index contributed by atoms with van der Waals surface area (Å²) in [5.41, 5.74) is 1.94. The summed E-state index contributed by atoms with van der Waals surface area (Å²) >= 11 is 3.63. The van der Waals surface area contributed by atoms with E-state index >= 15 is 0 Å². The molecule has 136 valence electrons. The van der Waals surface area contributed by atoms with E-state index in [9.17, 15) is 4.39 Å². The van der Waals surface area contributed by atoms with E-state index < -0.39 is 0 Å². The summed E-state index contributed by atoms with van der Waals surface area (Å²) in [6.07, 6.45) is 0.713. The normalized spacial score (nSPS) is 10.9. The predicted molar refractivity (Wildman–Crippen MR) is 105 cm³/mol. The summed E-state index contributed by atoms with van der Waals surface area (Å²) in [6, 6.07) is 14.4. The van der Waals surface area contributed by atoms with Gasteiger partial charge < -0.3 is 14.2 Å². The average molecular weight is 419 g/mol. The molecule has 0 spiro atoms. The number of rotatable bonds is 7. The minimum absolute atomic E-state index is 0.230. The highest BCUT2D eigenvalue weighted by atomic mass is 79.9. The van der Waals surface area contributed by atoms with Gasteiger partial charge in [0.2, 0.25) is 0 Å². The Morgan fingerprint density at radius 2 is 1.50 bits per heavy atom. The molecular weight excluding hydrogens is 399 g/mol. The van der Waals surface area contributed by atoms with Crippen LogP contribution in [0.15, 0.2) is 53.0 Å². The van der Waals surface area contributed by atoms with E-state index in [1.165, 1.54) is 12.1 Å². The minimum Gasteiger partial charge on any atom is -0.496 e. The Kier molecular flexibility index (Phi) is 6.12. The Morgan fingerprint density at radius 3 is 2.12 bits per heavy atom. The Bertz CT molecular complexity index is 894. The molecule has 0 aliphatic carbocycles. The highest BCUT2D eigenvalue weighted by Gasteiger charge is 2.19. The second-order valence-electron chi connectivity index (χ2n) is 5.83. The van der Waals surface area contributed by atoms with E-state index in [2.05, 4.69) is 15.9 Å². The third kappa shape index (κ3) is 3.84. The van der Waals surface area contributed by atoms with Gasteiger partial charge in [-0.05, 0) is 40.0 Å². The van der Waals surface area contributed by atoms with E-state index in [1.54, 1.807) is 26.4 Å². The van der Waals surface area contributed by atoms with Crippen LogP contribution in [0.3, 0.4) is 0 Å². The van der Waals surface area contributed by atoms with Gasteiger partial charge in [0.1, 0.15) is 17.3 Å². The molecular formula is C21H20BrFO3. The fourth-order valence-corrected chi connectivity index (χ4v) is 3.64. The molecule has 0 saturated heterocycles. The standard InChI is InChI=1S/C21H20BrFO3/c1-24-20-16-5-3-4-6-17(16)21(25-2)19(22)18(20)13-26-12-11-14-7-9-15(23)10-8-14/h3-10H,11-13H2,1-2H3. The Hall–Kier alpha value is -2.11. The largest absolute Gasteiger partial charge is 0.496 e. The molecule has 0 aliphatic heterocycles. The van der Waals surface area contributed by atoms with E-state index in [4.69, 9.17) is 14.2 Å². The molecule has 0 saturated carbocycles. The van der Waals surface area contributed by atoms with E-state index in [0.717, 1.165) is 37.9 Å². The molecule has 0 amide bonds. The van der Waals surface area contributed by atoms with Crippen molar-refractivity contribution in [2.45, 2.75) is 13.0 Å². The maximum Gasteiger partial charge on any atom is 0.141 e. The van der Waals surface area contributed by atoms with Gasteiger partial charge in [0, 0.05) is 16.3 Å². The zero-order valence-electron chi connectivity index (χ0n) is 14.7. The molecule has 0 unspecified atom stereocenters. The second kappa shape index (κ2) is 8.52. The summed E-state index contributed by atoms with van der Waals surface area (Å²) in [7, 11) is 3.31. The fraction of sp³-hybridized carbons (Fsp3) is 0.238. The topological polar surface area (TPSA) is 27.7 Å². The molecule has 0 aromatic heterocycles. The van der Waals surface area contributed by atoms with Crippen LogP contribution in [0.25, 0.3) is 10.8 Å². The monoisotopic (exact) mass is 418 g/mol. The third-order valence-corrected chi connectivity index (χ3v) is 5.10. The number of fused-ring (bicyclic) bond motifs is 1. The van der Waals surface area contributed by atoms with Crippen molar-refractivity contribution in [2.24, 2.45) is 0 Å². The van der Waals surface area contributed by atoms with Gasteiger partial charge in [-0.3, -0.25) is 0 Å². The van der Waals surface area contributed by atoms with Crippen LogP contribution in [0.2, 0.25) is 0 Å². The lowest BCUT2D eigenvalue weighted by Gasteiger charge is -2.18. The molecule has 0 bridgehead atoms. The second-order valence-corrected chi connectivity index (χ2v) is 6.63. The number of hydrogen-bond donors (Lipinski definition) is 0. The fourth-order valence-electron chi connectivity index (χ4n) is 2.97. The highest BCUT2D eigenvalue weighted by Crippen LogP contribution is 2.44. The summed E-state index contributed by atoms with van der Waals surface area (Å²) in [5, 5.41) is 1.96. The number of hydrogen-bond acceptors (Lipinski definition) is 3. The van der Waals surface area contributed by atoms with Gasteiger partial charge in [0.05, 0.1) is 31.9 Å². The van der Waals surface area contributed by atoms with Gasteiger partial charge in [-0.25, -0.2) is 4.39 Å². The summed E-state index contributed by atoms with van der Waals surface area (Å²) < 4.78 is 30.9. The molecule has 0 heterocycles. The summed E-state index contributed by atoms with van der Waals surface area (Å²) in [4.78, 5) is 0. The van der Waals surface area contributed by atoms with Gasteiger partial charge in [-0.2, -0.15) is 0 Å². The van der Waals surface area contributed by atoms with Gasteiger partial charge >= 0.3 is 0 Å². The van der Waals surface area contributed by atoms with Crippen LogP contribution in [0.5, 0.6) is 11.5 Å². The number of halogens is 2. The molecule has 3 aromatic carbocycles. The molecule has 0 fully saturated rings. The Balaban J connectivity index is 1.80. The molecule has 3 rings (SSSR count). The first kappa shape index (κ1) is 18.7. The smallest absolute Gasteiger partial charge is 0.141 e. The van der Waals surface area contributed by atoms with Crippen LogP contribution in [-0.2, 0) is 17.8 Å². The lowest BCUT2D eigenvalue weighted by molar-refractivity contribution is 0.121. The van der Waals surface area contributed by atoms with Crippen molar-refractivity contribution in [1.29, 1.82) is 0 Å². The number of benzene rings is 3. The van der Waals surface area contributed by atoms with Crippen molar-refractivity contribution in [2.75, 3.05) is 20.8 Å². The molecule has 0 aliphatic rings.